The van der Waals surface area contributed by atoms with Gasteiger partial charge in [0.1, 0.15) is 5.75 Å². The highest BCUT2D eigenvalue weighted by Gasteiger charge is 2.02. The average Bonchev–Trinajstić information content (AvgIpc) is 2.20. The zero-order chi connectivity index (χ0) is 10.4. The number of carbonyl (C=O) groups is 1. The summed E-state index contributed by atoms with van der Waals surface area (Å²) in [6, 6.07) is 6.42. The van der Waals surface area contributed by atoms with Crippen LogP contribution in [0.4, 0.5) is 0 Å². The Morgan fingerprint density at radius 2 is 2.29 bits per heavy atom. The molecule has 0 atom stereocenters. The molecule has 1 N–H and O–H groups in total. The predicted octanol–water partition coefficient (Wildman–Crippen LogP) is 1.47. The Hall–Kier alpha value is -2.26. The van der Waals surface area contributed by atoms with Gasteiger partial charge in [0.15, 0.2) is 6.29 Å². The average molecular weight is 185 g/mol. The first-order valence-electron chi connectivity index (χ1n) is 3.92. The number of phenolic OH excluding ortho intramolecular Hbond substituents is 1. The Bertz CT molecular complexity index is 447. The van der Waals surface area contributed by atoms with Crippen molar-refractivity contribution in [3.8, 4) is 23.7 Å². The lowest BCUT2D eigenvalue weighted by Gasteiger charge is -1.98. The van der Waals surface area contributed by atoms with Gasteiger partial charge in [-0.1, -0.05) is 24.0 Å². The molecule has 0 heterocycles. The Labute approximate surface area is 81.6 Å². The summed E-state index contributed by atoms with van der Waals surface area (Å²) in [6.07, 6.45) is 0.697. The minimum absolute atomic E-state index is 0.0416. The van der Waals surface area contributed by atoms with Crippen LogP contribution in [0, 0.1) is 23.2 Å². The molecule has 1 aromatic carbocycles. The van der Waals surface area contributed by atoms with Crippen molar-refractivity contribution in [2.75, 3.05) is 0 Å². The summed E-state index contributed by atoms with van der Waals surface area (Å²) >= 11 is 0. The number of benzene rings is 1. The molecule has 3 heteroatoms. The second kappa shape index (κ2) is 4.69. The molecule has 0 spiro atoms. The van der Waals surface area contributed by atoms with Gasteiger partial charge in [-0.2, -0.15) is 5.26 Å². The third-order valence-corrected chi connectivity index (χ3v) is 1.58. The molecule has 1 rings (SSSR count). The van der Waals surface area contributed by atoms with Gasteiger partial charge in [0, 0.05) is 5.56 Å². The Balaban J connectivity index is 3.14. The van der Waals surface area contributed by atoms with Crippen molar-refractivity contribution in [3.05, 3.63) is 29.3 Å². The molecule has 0 saturated heterocycles. The number of nitrogens with zero attached hydrogens (tertiary/aromatic N) is 1. The first kappa shape index (κ1) is 9.83. The summed E-state index contributed by atoms with van der Waals surface area (Å²) in [7, 11) is 0. The zero-order valence-corrected chi connectivity index (χ0v) is 7.32. The van der Waals surface area contributed by atoms with Crippen LogP contribution in [-0.2, 0) is 0 Å². The quantitative estimate of drug-likeness (QED) is 0.532. The third kappa shape index (κ3) is 2.12. The molecule has 68 valence electrons. The molecule has 1 aromatic rings. The van der Waals surface area contributed by atoms with Gasteiger partial charge in [0.25, 0.3) is 0 Å². The normalized spacial score (nSPS) is 8.21. The number of phenols is 1. The van der Waals surface area contributed by atoms with Gasteiger partial charge in [-0.3, -0.25) is 4.79 Å². The van der Waals surface area contributed by atoms with Crippen molar-refractivity contribution in [1.82, 2.24) is 0 Å². The fraction of sp³-hybridized carbons (Fsp3) is 0.0909. The summed E-state index contributed by atoms with van der Waals surface area (Å²) in [4.78, 5) is 10.6. The first-order valence-corrected chi connectivity index (χ1v) is 3.92. The first-order chi connectivity index (χ1) is 6.79. The van der Waals surface area contributed by atoms with E-state index >= 15 is 0 Å². The van der Waals surface area contributed by atoms with Crippen LogP contribution >= 0.6 is 0 Å². The number of aldehydes is 1. The summed E-state index contributed by atoms with van der Waals surface area (Å²) in [5.74, 6) is 5.07. The molecule has 3 nitrogen and oxygen atoms in total. The molecule has 0 radical (unpaired) electrons. The van der Waals surface area contributed by atoms with E-state index in [1.165, 1.54) is 6.07 Å². The van der Waals surface area contributed by atoms with Crippen molar-refractivity contribution >= 4 is 6.29 Å². The van der Waals surface area contributed by atoms with E-state index in [1.54, 1.807) is 12.1 Å². The minimum atomic E-state index is -0.0416. The molecule has 14 heavy (non-hydrogen) atoms. The summed E-state index contributed by atoms with van der Waals surface area (Å²) in [5.41, 5.74) is 0.605. The van der Waals surface area contributed by atoms with E-state index in [4.69, 9.17) is 5.26 Å². The molecule has 0 amide bonds. The second-order valence-electron chi connectivity index (χ2n) is 2.50. The largest absolute Gasteiger partial charge is 0.507 e. The van der Waals surface area contributed by atoms with Crippen LogP contribution in [0.1, 0.15) is 22.3 Å². The van der Waals surface area contributed by atoms with Crippen molar-refractivity contribution in [2.24, 2.45) is 0 Å². The smallest absolute Gasteiger partial charge is 0.151 e. The molecular formula is C11H7NO2. The highest BCUT2D eigenvalue weighted by atomic mass is 16.3. The number of rotatable bonds is 1. The number of aromatic hydroxyl groups is 1. The van der Waals surface area contributed by atoms with Crippen LogP contribution in [0.5, 0.6) is 5.75 Å². The lowest BCUT2D eigenvalue weighted by molar-refractivity contribution is 0.112. The predicted molar refractivity (Wildman–Crippen MR) is 50.6 cm³/mol. The summed E-state index contributed by atoms with van der Waals surface area (Å²) in [5, 5.41) is 17.6. The van der Waals surface area contributed by atoms with Gasteiger partial charge in [0.05, 0.1) is 18.1 Å². The van der Waals surface area contributed by atoms with Gasteiger partial charge in [-0.25, -0.2) is 0 Å². The number of nitriles is 1. The van der Waals surface area contributed by atoms with E-state index in [9.17, 15) is 9.90 Å². The molecule has 0 aliphatic carbocycles. The van der Waals surface area contributed by atoms with E-state index in [1.807, 2.05) is 6.07 Å². The van der Waals surface area contributed by atoms with E-state index < -0.39 is 0 Å². The third-order valence-electron chi connectivity index (χ3n) is 1.58. The standard InChI is InChI=1S/C11H7NO2/c12-7-2-1-5-10-9(8-13)4-3-6-11(10)14/h3-4,6,8,14H,2H2. The molecule has 0 unspecified atom stereocenters. The van der Waals surface area contributed by atoms with E-state index in [0.29, 0.717) is 11.8 Å². The lowest BCUT2D eigenvalue weighted by Crippen LogP contribution is -1.87. The Morgan fingerprint density at radius 3 is 2.93 bits per heavy atom. The molecule has 0 fully saturated rings. The molecule has 0 aromatic heterocycles. The highest BCUT2D eigenvalue weighted by molar-refractivity contribution is 5.81. The van der Waals surface area contributed by atoms with E-state index in [-0.39, 0.29) is 17.7 Å². The summed E-state index contributed by atoms with van der Waals surface area (Å²) in [6.45, 7) is 0. The maximum atomic E-state index is 10.6. The minimum Gasteiger partial charge on any atom is -0.507 e. The van der Waals surface area contributed by atoms with Crippen LogP contribution in [0.15, 0.2) is 18.2 Å². The van der Waals surface area contributed by atoms with Gasteiger partial charge in [-0.05, 0) is 6.07 Å². The maximum Gasteiger partial charge on any atom is 0.151 e. The van der Waals surface area contributed by atoms with Crippen LogP contribution < -0.4 is 0 Å². The van der Waals surface area contributed by atoms with Gasteiger partial charge in [0.2, 0.25) is 0 Å². The monoisotopic (exact) mass is 185 g/mol. The maximum absolute atomic E-state index is 10.6. The van der Waals surface area contributed by atoms with Gasteiger partial charge in [-0.15, -0.1) is 0 Å². The summed E-state index contributed by atoms with van der Waals surface area (Å²) < 4.78 is 0. The number of carbonyl (C=O) groups excluding carboxylic acids is 1. The van der Waals surface area contributed by atoms with E-state index in [2.05, 4.69) is 11.8 Å². The molecule has 0 bridgehead atoms. The second-order valence-corrected chi connectivity index (χ2v) is 2.50. The van der Waals surface area contributed by atoms with Crippen molar-refractivity contribution < 1.29 is 9.90 Å². The fourth-order valence-electron chi connectivity index (χ4n) is 0.964. The Kier molecular flexibility index (Phi) is 3.29. The SMILES string of the molecule is N#CCC#Cc1c(O)cccc1C=O. The molecule has 0 aliphatic rings. The van der Waals surface area contributed by atoms with Crippen LogP contribution in [0.2, 0.25) is 0 Å². The van der Waals surface area contributed by atoms with Crippen LogP contribution in [0.3, 0.4) is 0 Å². The zero-order valence-electron chi connectivity index (χ0n) is 7.32. The van der Waals surface area contributed by atoms with Crippen LogP contribution in [0.25, 0.3) is 0 Å². The van der Waals surface area contributed by atoms with Gasteiger partial charge < -0.3 is 5.11 Å². The van der Waals surface area contributed by atoms with Crippen LogP contribution in [-0.4, -0.2) is 11.4 Å². The van der Waals surface area contributed by atoms with Crippen molar-refractivity contribution in [1.29, 1.82) is 5.26 Å². The van der Waals surface area contributed by atoms with Crippen molar-refractivity contribution in [2.45, 2.75) is 6.42 Å². The highest BCUT2D eigenvalue weighted by Crippen LogP contribution is 2.18. The van der Waals surface area contributed by atoms with Crippen molar-refractivity contribution in [3.63, 3.8) is 0 Å². The molecule has 0 saturated carbocycles. The van der Waals surface area contributed by atoms with Gasteiger partial charge >= 0.3 is 0 Å². The van der Waals surface area contributed by atoms with E-state index in [0.717, 1.165) is 0 Å². The number of hydrogen-bond donors (Lipinski definition) is 1. The molecular weight excluding hydrogens is 178 g/mol. The molecule has 0 aliphatic heterocycles. The Morgan fingerprint density at radius 1 is 1.50 bits per heavy atom. The topological polar surface area (TPSA) is 61.1 Å². The lowest BCUT2D eigenvalue weighted by atomic mass is 10.1. The fourth-order valence-corrected chi connectivity index (χ4v) is 0.964. The number of hydrogen-bond acceptors (Lipinski definition) is 3.